The topological polar surface area (TPSA) is 179 Å². The van der Waals surface area contributed by atoms with E-state index in [-0.39, 0.29) is 42.3 Å². The number of rotatable bonds is 7. The summed E-state index contributed by atoms with van der Waals surface area (Å²) < 4.78 is 13.6. The molecule has 0 bridgehead atoms. The van der Waals surface area contributed by atoms with Crippen molar-refractivity contribution in [2.75, 3.05) is 12.3 Å². The number of anilines is 1. The maximum Gasteiger partial charge on any atom is 0.275 e. The summed E-state index contributed by atoms with van der Waals surface area (Å²) in [6.45, 7) is 5.33. The van der Waals surface area contributed by atoms with Gasteiger partial charge in [0.15, 0.2) is 5.65 Å². The number of nitrogens with one attached hydrogen (secondary N) is 1. The first-order valence-electron chi connectivity index (χ1n) is 11.2. The Labute approximate surface area is 200 Å². The summed E-state index contributed by atoms with van der Waals surface area (Å²) in [6.07, 6.45) is -1.16. The van der Waals surface area contributed by atoms with Gasteiger partial charge in [-0.05, 0) is 11.5 Å². The van der Waals surface area contributed by atoms with Crippen molar-refractivity contribution < 1.29 is 24.6 Å². The smallest absolute Gasteiger partial charge is 0.275 e. The van der Waals surface area contributed by atoms with Crippen molar-refractivity contribution in [3.63, 3.8) is 0 Å². The summed E-state index contributed by atoms with van der Waals surface area (Å²) in [5.74, 6) is -0.0842. The van der Waals surface area contributed by atoms with Gasteiger partial charge in [0, 0.05) is 24.2 Å². The van der Waals surface area contributed by atoms with Gasteiger partial charge in [-0.25, -0.2) is 0 Å². The molecule has 0 aliphatic carbocycles. The number of hydrogen-bond donors (Lipinski definition) is 4. The number of aliphatic hydroxyl groups excluding tert-OH is 2. The fraction of sp³-hybridized carbons (Fsp3) is 0.478. The van der Waals surface area contributed by atoms with Crippen LogP contribution >= 0.6 is 0 Å². The van der Waals surface area contributed by atoms with E-state index in [0.29, 0.717) is 11.1 Å². The number of fused-ring (bicyclic) bond motifs is 1. The number of nitrogen functional groups attached to an aromatic ring is 1. The van der Waals surface area contributed by atoms with Gasteiger partial charge in [-0.3, -0.25) is 19.9 Å². The minimum atomic E-state index is -0.884. The van der Waals surface area contributed by atoms with Crippen molar-refractivity contribution in [2.45, 2.75) is 58.3 Å². The molecule has 12 nitrogen and oxygen atoms in total. The molecule has 5 N–H and O–H groups in total. The number of aliphatic hydroxyl groups is 2. The second-order valence-corrected chi connectivity index (χ2v) is 9.70. The highest BCUT2D eigenvalue weighted by atomic mass is 16.6. The molecule has 1 aliphatic heterocycles. The van der Waals surface area contributed by atoms with Gasteiger partial charge in [-0.15, -0.1) is 0 Å². The van der Waals surface area contributed by atoms with Crippen LogP contribution < -0.4 is 11.3 Å². The Morgan fingerprint density at radius 1 is 1.40 bits per heavy atom. The molecule has 1 fully saturated rings. The second-order valence-electron chi connectivity index (χ2n) is 9.70. The summed E-state index contributed by atoms with van der Waals surface area (Å²) in [5, 5.41) is 31.5. The van der Waals surface area contributed by atoms with Crippen molar-refractivity contribution in [1.82, 2.24) is 14.5 Å². The van der Waals surface area contributed by atoms with Crippen molar-refractivity contribution in [3.8, 4) is 0 Å². The van der Waals surface area contributed by atoms with Crippen molar-refractivity contribution >= 4 is 22.7 Å². The zero-order chi connectivity index (χ0) is 25.5. The average Bonchev–Trinajstić information content (AvgIpc) is 3.33. The molecule has 4 atom stereocenters. The molecule has 3 aromatic rings. The van der Waals surface area contributed by atoms with Gasteiger partial charge < -0.3 is 30.0 Å². The van der Waals surface area contributed by atoms with Crippen LogP contribution in [0.15, 0.2) is 35.3 Å². The van der Waals surface area contributed by atoms with E-state index in [1.807, 2.05) is 20.8 Å². The third kappa shape index (κ3) is 4.78. The lowest BCUT2D eigenvalue weighted by Gasteiger charge is -2.30. The number of hydrogen-bond acceptors (Lipinski definition) is 9. The second kappa shape index (κ2) is 9.38. The fourth-order valence-corrected chi connectivity index (χ4v) is 4.48. The lowest BCUT2D eigenvalue weighted by Crippen LogP contribution is -2.24. The maximum atomic E-state index is 12.8. The molecular weight excluding hydrogens is 458 g/mol. The predicted octanol–water partition coefficient (Wildman–Crippen LogP) is 2.16. The summed E-state index contributed by atoms with van der Waals surface area (Å²) in [5.41, 5.74) is 5.90. The van der Waals surface area contributed by atoms with Crippen LogP contribution in [0, 0.1) is 15.5 Å². The quantitative estimate of drug-likeness (QED) is 0.287. The lowest BCUT2D eigenvalue weighted by molar-refractivity contribution is -0.386. The van der Waals surface area contributed by atoms with Gasteiger partial charge in [-0.2, -0.15) is 4.98 Å². The van der Waals surface area contributed by atoms with Gasteiger partial charge >= 0.3 is 0 Å². The van der Waals surface area contributed by atoms with Gasteiger partial charge in [-0.1, -0.05) is 32.9 Å². The first-order chi connectivity index (χ1) is 16.5. The number of benzene rings is 1. The van der Waals surface area contributed by atoms with Gasteiger partial charge in [0.05, 0.1) is 41.3 Å². The Bertz CT molecular complexity index is 1300. The minimum absolute atomic E-state index is 0.0504. The molecule has 1 unspecified atom stereocenters. The molecule has 1 saturated heterocycles. The van der Waals surface area contributed by atoms with E-state index < -0.39 is 40.4 Å². The van der Waals surface area contributed by atoms with E-state index in [9.17, 15) is 25.1 Å². The molecule has 4 rings (SSSR count). The zero-order valence-electron chi connectivity index (χ0n) is 19.7. The van der Waals surface area contributed by atoms with Crippen LogP contribution in [0.3, 0.4) is 0 Å². The number of nitro benzene ring substituents is 1. The number of aromatic amines is 1. The molecule has 1 aliphatic rings. The fourth-order valence-electron chi connectivity index (χ4n) is 4.48. The molecule has 3 heterocycles. The molecular formula is C23H29N5O7. The number of nitrogens with two attached hydrogens (primary N) is 1. The van der Waals surface area contributed by atoms with Crippen molar-refractivity contribution in [1.29, 1.82) is 0 Å². The van der Waals surface area contributed by atoms with Crippen LogP contribution in [-0.2, 0) is 16.1 Å². The van der Waals surface area contributed by atoms with E-state index in [1.165, 1.54) is 6.07 Å². The molecule has 2 aromatic heterocycles. The highest BCUT2D eigenvalue weighted by Crippen LogP contribution is 2.41. The zero-order valence-corrected chi connectivity index (χ0v) is 19.7. The van der Waals surface area contributed by atoms with Crippen LogP contribution in [0.1, 0.15) is 50.7 Å². The molecule has 12 heteroatoms. The first kappa shape index (κ1) is 24.8. The number of H-pyrrole nitrogens is 1. The first-order valence-corrected chi connectivity index (χ1v) is 11.2. The third-order valence-corrected chi connectivity index (χ3v) is 6.08. The van der Waals surface area contributed by atoms with Crippen molar-refractivity contribution in [3.05, 3.63) is 62.1 Å². The summed E-state index contributed by atoms with van der Waals surface area (Å²) in [7, 11) is 0. The molecule has 1 aromatic carbocycles. The minimum Gasteiger partial charge on any atom is -0.394 e. The SMILES string of the molecule is CC(C)(C)[C@H](OCc1cn([C@H]2CC(O)[C@@H](CO)O2)c2nc(N)[nH]c(=O)c12)c1ccccc1[N+](=O)[O-]. The highest BCUT2D eigenvalue weighted by molar-refractivity contribution is 5.80. The van der Waals surface area contributed by atoms with E-state index in [1.54, 1.807) is 29.0 Å². The molecule has 0 spiro atoms. The Morgan fingerprint density at radius 2 is 2.11 bits per heavy atom. The van der Waals surface area contributed by atoms with E-state index in [4.69, 9.17) is 15.2 Å². The Kier molecular flexibility index (Phi) is 6.64. The number of aromatic nitrogens is 3. The van der Waals surface area contributed by atoms with E-state index in [0.717, 1.165) is 0 Å². The Hall–Kier alpha value is -3.32. The largest absolute Gasteiger partial charge is 0.394 e. The monoisotopic (exact) mass is 487 g/mol. The molecule has 0 radical (unpaired) electrons. The molecule has 35 heavy (non-hydrogen) atoms. The van der Waals surface area contributed by atoms with Crippen LogP contribution in [-0.4, -0.2) is 48.5 Å². The lowest BCUT2D eigenvalue weighted by atomic mass is 9.84. The van der Waals surface area contributed by atoms with Gasteiger partial charge in [0.2, 0.25) is 5.95 Å². The van der Waals surface area contributed by atoms with Gasteiger partial charge in [0.25, 0.3) is 11.2 Å². The molecule has 188 valence electrons. The van der Waals surface area contributed by atoms with E-state index >= 15 is 0 Å². The summed E-state index contributed by atoms with van der Waals surface area (Å²) in [6, 6.07) is 6.41. The van der Waals surface area contributed by atoms with Crippen LogP contribution in [0.2, 0.25) is 0 Å². The summed E-state index contributed by atoms with van der Waals surface area (Å²) in [4.78, 5) is 30.8. The molecule has 0 amide bonds. The number of ether oxygens (including phenoxy) is 2. The summed E-state index contributed by atoms with van der Waals surface area (Å²) >= 11 is 0. The number of para-hydroxylation sites is 1. The third-order valence-electron chi connectivity index (χ3n) is 6.08. The number of nitrogens with zero attached hydrogens (tertiary/aromatic N) is 3. The predicted molar refractivity (Wildman–Crippen MR) is 126 cm³/mol. The standard InChI is InChI=1S/C23H29N5O7/c1-23(2,3)19(13-6-4-5-7-14(13)28(32)33)34-11-12-9-27(17-8-15(30)16(10-29)35-17)20-18(12)21(31)26-22(24)25-20/h4-7,9,15-17,19,29-30H,8,10-11H2,1-3H3,(H3,24,25,26,31)/t15?,16-,17-,19-/m1/s1. The van der Waals surface area contributed by atoms with Crippen LogP contribution in [0.4, 0.5) is 11.6 Å². The maximum absolute atomic E-state index is 12.8. The average molecular weight is 488 g/mol. The normalized spacial score (nSPS) is 21.5. The highest BCUT2D eigenvalue weighted by Gasteiger charge is 2.36. The van der Waals surface area contributed by atoms with Crippen LogP contribution in [0.5, 0.6) is 0 Å². The van der Waals surface area contributed by atoms with Gasteiger partial charge in [0.1, 0.15) is 12.3 Å². The Morgan fingerprint density at radius 3 is 2.74 bits per heavy atom. The van der Waals surface area contributed by atoms with Crippen molar-refractivity contribution in [2.24, 2.45) is 5.41 Å². The number of nitro groups is 1. The molecule has 0 saturated carbocycles. The van der Waals surface area contributed by atoms with E-state index in [2.05, 4.69) is 9.97 Å². The Balaban J connectivity index is 1.74. The van der Waals surface area contributed by atoms with Crippen LogP contribution in [0.25, 0.3) is 11.0 Å².